The van der Waals surface area contributed by atoms with E-state index >= 15 is 0 Å². The largest absolute Gasteiger partial charge is 0.298 e. The first-order valence-electron chi connectivity index (χ1n) is 9.32. The lowest BCUT2D eigenvalue weighted by atomic mass is 9.95. The molecule has 1 heterocycles. The van der Waals surface area contributed by atoms with E-state index in [-0.39, 0.29) is 0 Å². The Morgan fingerprint density at radius 2 is 1.75 bits per heavy atom. The van der Waals surface area contributed by atoms with Crippen molar-refractivity contribution in [2.45, 2.75) is 13.8 Å². The normalized spacial score (nSPS) is 11.4. The molecule has 0 bridgehead atoms. The minimum Gasteiger partial charge on any atom is -0.298 e. The van der Waals surface area contributed by atoms with Gasteiger partial charge in [-0.05, 0) is 59.4 Å². The summed E-state index contributed by atoms with van der Waals surface area (Å²) in [7, 11) is 1.94. The van der Waals surface area contributed by atoms with Crippen LogP contribution in [0.1, 0.15) is 32.6 Å². The molecule has 138 valence electrons. The van der Waals surface area contributed by atoms with Gasteiger partial charge in [-0.3, -0.25) is 9.48 Å². The minimum absolute atomic E-state index is 0.694. The number of carbonyl (C=O) groups is 1. The Bertz CT molecular complexity index is 1210. The van der Waals surface area contributed by atoms with Gasteiger partial charge in [-0.2, -0.15) is 5.10 Å². The summed E-state index contributed by atoms with van der Waals surface area (Å²) < 4.78 is 1.84. The van der Waals surface area contributed by atoms with E-state index in [0.717, 1.165) is 39.4 Å². The second-order valence-electron chi connectivity index (χ2n) is 7.16. The average Bonchev–Trinajstić information content (AvgIpc) is 3.07. The fourth-order valence-corrected chi connectivity index (χ4v) is 3.55. The summed E-state index contributed by atoms with van der Waals surface area (Å²) >= 11 is 0. The van der Waals surface area contributed by atoms with Gasteiger partial charge in [0.15, 0.2) is 0 Å². The van der Waals surface area contributed by atoms with Crippen molar-refractivity contribution in [1.82, 2.24) is 9.78 Å². The Morgan fingerprint density at radius 1 is 0.929 bits per heavy atom. The van der Waals surface area contributed by atoms with Crippen LogP contribution in [0.25, 0.3) is 34.2 Å². The summed E-state index contributed by atoms with van der Waals surface area (Å²) in [6.07, 6.45) is 7.11. The van der Waals surface area contributed by atoms with Crippen molar-refractivity contribution in [2.24, 2.45) is 7.05 Å². The third-order valence-corrected chi connectivity index (χ3v) is 5.19. The molecular formula is C25H22N2O. The van der Waals surface area contributed by atoms with Gasteiger partial charge in [0.25, 0.3) is 0 Å². The number of rotatable bonds is 4. The number of benzene rings is 3. The molecule has 0 unspecified atom stereocenters. The number of aldehydes is 1. The zero-order valence-electron chi connectivity index (χ0n) is 16.3. The molecule has 0 saturated carbocycles. The van der Waals surface area contributed by atoms with Gasteiger partial charge in [0, 0.05) is 24.2 Å². The molecular weight excluding hydrogens is 344 g/mol. The van der Waals surface area contributed by atoms with Crippen LogP contribution in [0.5, 0.6) is 0 Å². The third kappa shape index (κ3) is 3.39. The van der Waals surface area contributed by atoms with Gasteiger partial charge in [-0.1, -0.05) is 54.6 Å². The summed E-state index contributed by atoms with van der Waals surface area (Å²) in [5.74, 6) is 0. The molecule has 3 heteroatoms. The van der Waals surface area contributed by atoms with Crippen LogP contribution in [0.15, 0.2) is 60.8 Å². The second-order valence-corrected chi connectivity index (χ2v) is 7.16. The highest BCUT2D eigenvalue weighted by molar-refractivity contribution is 5.86. The lowest BCUT2D eigenvalue weighted by Gasteiger charge is -2.10. The molecule has 4 aromatic rings. The molecule has 28 heavy (non-hydrogen) atoms. The molecule has 0 fully saturated rings. The average molecular weight is 366 g/mol. The fraction of sp³-hybridized carbons (Fsp3) is 0.120. The van der Waals surface area contributed by atoms with E-state index in [0.29, 0.717) is 5.56 Å². The lowest BCUT2D eigenvalue weighted by Crippen LogP contribution is -1.89. The van der Waals surface area contributed by atoms with Crippen LogP contribution in [-0.2, 0) is 7.05 Å². The highest BCUT2D eigenvalue weighted by Crippen LogP contribution is 2.29. The smallest absolute Gasteiger partial charge is 0.150 e. The van der Waals surface area contributed by atoms with E-state index < -0.39 is 0 Å². The quantitative estimate of drug-likeness (QED) is 0.336. The lowest BCUT2D eigenvalue weighted by molar-refractivity contribution is 0.112. The molecule has 3 nitrogen and oxygen atoms in total. The van der Waals surface area contributed by atoms with Crippen LogP contribution in [0.3, 0.4) is 0 Å². The van der Waals surface area contributed by atoms with E-state index in [1.165, 1.54) is 11.1 Å². The number of carbonyl (C=O) groups excluding carboxylic acids is 1. The van der Waals surface area contributed by atoms with Gasteiger partial charge >= 0.3 is 0 Å². The molecule has 0 N–H and O–H groups in total. The molecule has 0 spiro atoms. The van der Waals surface area contributed by atoms with Crippen LogP contribution in [-0.4, -0.2) is 16.1 Å². The summed E-state index contributed by atoms with van der Waals surface area (Å²) in [4.78, 5) is 11.1. The predicted molar refractivity (Wildman–Crippen MR) is 116 cm³/mol. The monoisotopic (exact) mass is 366 g/mol. The fourth-order valence-electron chi connectivity index (χ4n) is 3.55. The number of hydrogen-bond donors (Lipinski definition) is 0. The minimum atomic E-state index is 0.694. The highest BCUT2D eigenvalue weighted by atomic mass is 16.1. The summed E-state index contributed by atoms with van der Waals surface area (Å²) in [6.45, 7) is 4.20. The molecule has 3 aromatic carbocycles. The topological polar surface area (TPSA) is 34.9 Å². The zero-order valence-corrected chi connectivity index (χ0v) is 16.3. The molecule has 1 aromatic heterocycles. The van der Waals surface area contributed by atoms with Gasteiger partial charge in [0.2, 0.25) is 0 Å². The highest BCUT2D eigenvalue weighted by Gasteiger charge is 2.07. The van der Waals surface area contributed by atoms with Crippen LogP contribution in [0, 0.1) is 13.8 Å². The van der Waals surface area contributed by atoms with Crippen LogP contribution in [0.4, 0.5) is 0 Å². The van der Waals surface area contributed by atoms with Gasteiger partial charge in [-0.25, -0.2) is 0 Å². The maximum atomic E-state index is 11.1. The molecule has 0 aliphatic heterocycles. The first-order chi connectivity index (χ1) is 13.5. The maximum absolute atomic E-state index is 11.1. The standard InChI is InChI=1S/C25H22N2O/c1-17-7-8-19(16-28)13-21(17)10-9-20-5-4-6-24(18(20)2)22-11-12-23-15-27(3)26-25(23)14-22/h4-16H,1-3H3/b10-9+. The van der Waals surface area contributed by atoms with Gasteiger partial charge in [-0.15, -0.1) is 0 Å². The Morgan fingerprint density at radius 3 is 2.57 bits per heavy atom. The molecule has 0 aliphatic carbocycles. The van der Waals surface area contributed by atoms with Crippen molar-refractivity contribution in [3.8, 4) is 11.1 Å². The number of hydrogen-bond acceptors (Lipinski definition) is 2. The zero-order chi connectivity index (χ0) is 19.7. The van der Waals surface area contributed by atoms with Crippen LogP contribution in [0.2, 0.25) is 0 Å². The van der Waals surface area contributed by atoms with Crippen molar-refractivity contribution in [1.29, 1.82) is 0 Å². The van der Waals surface area contributed by atoms with E-state index in [1.54, 1.807) is 0 Å². The number of aromatic nitrogens is 2. The maximum Gasteiger partial charge on any atom is 0.150 e. The molecule has 0 aliphatic rings. The van der Waals surface area contributed by atoms with Gasteiger partial charge < -0.3 is 0 Å². The molecule has 0 amide bonds. The van der Waals surface area contributed by atoms with Crippen molar-refractivity contribution in [2.75, 3.05) is 0 Å². The summed E-state index contributed by atoms with van der Waals surface area (Å²) in [5, 5.41) is 5.67. The van der Waals surface area contributed by atoms with E-state index in [1.807, 2.05) is 36.1 Å². The first-order valence-corrected chi connectivity index (χ1v) is 9.32. The Labute approximate surface area is 164 Å². The molecule has 4 rings (SSSR count). The Hall–Kier alpha value is -3.46. The van der Waals surface area contributed by atoms with E-state index in [2.05, 4.69) is 67.5 Å². The van der Waals surface area contributed by atoms with Crippen molar-refractivity contribution in [3.63, 3.8) is 0 Å². The van der Waals surface area contributed by atoms with Gasteiger partial charge in [0.1, 0.15) is 6.29 Å². The van der Waals surface area contributed by atoms with Crippen molar-refractivity contribution in [3.05, 3.63) is 88.6 Å². The predicted octanol–water partition coefficient (Wildman–Crippen LogP) is 5.84. The van der Waals surface area contributed by atoms with Crippen molar-refractivity contribution < 1.29 is 4.79 Å². The van der Waals surface area contributed by atoms with E-state index in [4.69, 9.17) is 0 Å². The number of fused-ring (bicyclic) bond motifs is 1. The second kappa shape index (κ2) is 7.28. The van der Waals surface area contributed by atoms with Crippen LogP contribution < -0.4 is 0 Å². The van der Waals surface area contributed by atoms with Crippen molar-refractivity contribution >= 4 is 29.3 Å². The van der Waals surface area contributed by atoms with E-state index in [9.17, 15) is 4.79 Å². The summed E-state index contributed by atoms with van der Waals surface area (Å²) in [6, 6.07) is 18.5. The molecule has 0 atom stereocenters. The first kappa shape index (κ1) is 17.9. The summed E-state index contributed by atoms with van der Waals surface area (Å²) in [5.41, 5.74) is 8.65. The SMILES string of the molecule is Cc1ccc(C=O)cc1/C=C/c1cccc(-c2ccc3cn(C)nc3c2)c1C. The Kier molecular flexibility index (Phi) is 4.66. The molecule has 0 saturated heterocycles. The van der Waals surface area contributed by atoms with Gasteiger partial charge in [0.05, 0.1) is 5.52 Å². The third-order valence-electron chi connectivity index (χ3n) is 5.19. The number of aryl methyl sites for hydroxylation is 2. The van der Waals surface area contributed by atoms with Crippen LogP contribution >= 0.6 is 0 Å². The number of nitrogens with zero attached hydrogens (tertiary/aromatic N) is 2. The molecule has 0 radical (unpaired) electrons. The Balaban J connectivity index is 1.73.